The van der Waals surface area contributed by atoms with E-state index in [9.17, 15) is 0 Å². The number of rotatable bonds is 0. The van der Waals surface area contributed by atoms with E-state index in [2.05, 4.69) is 12.1 Å². The molecule has 0 N–H and O–H groups in total. The van der Waals surface area contributed by atoms with Gasteiger partial charge < -0.3 is 0 Å². The van der Waals surface area contributed by atoms with Gasteiger partial charge in [-0.05, 0) is 0 Å². The lowest BCUT2D eigenvalue weighted by Gasteiger charge is -2.14. The first-order valence-electron chi connectivity index (χ1n) is 2.72. The molecule has 0 saturated heterocycles. The van der Waals surface area contributed by atoms with Crippen LogP contribution in [0.3, 0.4) is 0 Å². The van der Waals surface area contributed by atoms with Crippen LogP contribution < -0.4 is 0 Å². The lowest BCUT2D eigenvalue weighted by Crippen LogP contribution is -2.11. The molecule has 0 bridgehead atoms. The topological polar surface area (TPSA) is 6.48 Å². The van der Waals surface area contributed by atoms with Crippen molar-refractivity contribution in [2.24, 2.45) is 0 Å². The van der Waals surface area contributed by atoms with Crippen LogP contribution in [0.1, 0.15) is 0 Å². The summed E-state index contributed by atoms with van der Waals surface area (Å²) in [5.41, 5.74) is 0. The number of terminal acetylenes is 2. The predicted molar refractivity (Wildman–Crippen MR) is 39.6 cm³/mol. The third-order valence-electron chi connectivity index (χ3n) is 1.07. The Morgan fingerprint density at radius 2 is 1.10 bits per heavy atom. The van der Waals surface area contributed by atoms with Gasteiger partial charge in [0.1, 0.15) is 0 Å². The van der Waals surface area contributed by atoms with Crippen molar-refractivity contribution in [3.8, 4) is 24.9 Å². The van der Waals surface area contributed by atoms with Crippen molar-refractivity contribution < 1.29 is 0 Å². The van der Waals surface area contributed by atoms with E-state index in [1.54, 1.807) is 34.6 Å². The molecule has 0 saturated carbocycles. The highest BCUT2D eigenvalue weighted by atomic mass is 15.2. The van der Waals surface area contributed by atoms with Gasteiger partial charge in [-0.25, -0.2) is 0 Å². The van der Waals surface area contributed by atoms with Crippen molar-refractivity contribution in [2.75, 3.05) is 0 Å². The first-order valence-corrected chi connectivity index (χ1v) is 2.72. The number of nitrogens with zero attached hydrogens (tertiary/aromatic N) is 2. The van der Waals surface area contributed by atoms with Gasteiger partial charge in [0.05, 0.1) is 0 Å². The average Bonchev–Trinajstić information content (AvgIpc) is 2.05. The summed E-state index contributed by atoms with van der Waals surface area (Å²) in [6.45, 7) is 0. The maximum atomic E-state index is 5.09. The van der Waals surface area contributed by atoms with E-state index >= 15 is 0 Å². The van der Waals surface area contributed by atoms with Gasteiger partial charge in [-0.3, -0.25) is 9.80 Å². The van der Waals surface area contributed by atoms with Crippen LogP contribution in [0.2, 0.25) is 0 Å². The molecule has 1 rings (SSSR count). The molecule has 48 valence electrons. The van der Waals surface area contributed by atoms with Gasteiger partial charge in [-0.2, -0.15) is 0 Å². The summed E-state index contributed by atoms with van der Waals surface area (Å²) >= 11 is 0. The van der Waals surface area contributed by atoms with Crippen molar-refractivity contribution in [1.29, 1.82) is 0 Å². The molecule has 2 nitrogen and oxygen atoms in total. The lowest BCUT2D eigenvalue weighted by molar-refractivity contribution is 0.613. The van der Waals surface area contributed by atoms with Crippen LogP contribution in [0.4, 0.5) is 0 Å². The number of hydrogen-bond acceptors (Lipinski definition) is 2. The molecule has 2 heteroatoms. The minimum atomic E-state index is 1.58. The molecule has 10 heavy (non-hydrogen) atoms. The molecule has 0 aliphatic carbocycles. The molecule has 0 fully saturated rings. The van der Waals surface area contributed by atoms with Crippen LogP contribution in [-0.2, 0) is 0 Å². The minimum absolute atomic E-state index is 1.58. The second-order valence-electron chi connectivity index (χ2n) is 1.67. The highest BCUT2D eigenvalue weighted by molar-refractivity contribution is 5.12. The molecule has 0 unspecified atom stereocenters. The molecule has 0 atom stereocenters. The number of hydrogen-bond donors (Lipinski definition) is 0. The molecule has 1 heterocycles. The Morgan fingerprint density at radius 3 is 1.30 bits per heavy atom. The van der Waals surface area contributed by atoms with Crippen molar-refractivity contribution >= 4 is 0 Å². The molecule has 0 aromatic rings. The van der Waals surface area contributed by atoms with E-state index in [1.807, 2.05) is 0 Å². The van der Waals surface area contributed by atoms with Gasteiger partial charge in [-0.15, -0.1) is 0 Å². The average molecular weight is 130 g/mol. The van der Waals surface area contributed by atoms with Gasteiger partial charge in [0.2, 0.25) is 0 Å². The predicted octanol–water partition coefficient (Wildman–Crippen LogP) is 0.728. The zero-order valence-corrected chi connectivity index (χ0v) is 5.36. The summed E-state index contributed by atoms with van der Waals surface area (Å²) in [7, 11) is 0. The smallest absolute Gasteiger partial charge is 0.0351 e. The van der Waals surface area contributed by atoms with Gasteiger partial charge >= 0.3 is 0 Å². The van der Waals surface area contributed by atoms with E-state index < -0.39 is 0 Å². The van der Waals surface area contributed by atoms with Crippen LogP contribution in [0, 0.1) is 24.9 Å². The first-order chi connectivity index (χ1) is 4.86. The van der Waals surface area contributed by atoms with E-state index in [-0.39, 0.29) is 0 Å². The Bertz CT molecular complexity index is 209. The van der Waals surface area contributed by atoms with Crippen LogP contribution in [-0.4, -0.2) is 9.80 Å². The standard InChI is InChI=1S/C8H6N2/c1-3-9-5-7-10(4-2)8-6-9/h1-2,5-8H. The second kappa shape index (κ2) is 2.66. The third-order valence-corrected chi connectivity index (χ3v) is 1.07. The zero-order valence-electron chi connectivity index (χ0n) is 5.36. The maximum Gasteiger partial charge on any atom is 0.0351 e. The van der Waals surface area contributed by atoms with Gasteiger partial charge in [0.25, 0.3) is 0 Å². The fourth-order valence-electron chi connectivity index (χ4n) is 0.559. The minimum Gasteiger partial charge on any atom is -0.282 e. The summed E-state index contributed by atoms with van der Waals surface area (Å²) in [5.74, 6) is 0. The Hall–Kier alpha value is -1.80. The Morgan fingerprint density at radius 1 is 0.800 bits per heavy atom. The summed E-state index contributed by atoms with van der Waals surface area (Å²) in [6.07, 6.45) is 17.0. The van der Waals surface area contributed by atoms with Crippen molar-refractivity contribution in [3.05, 3.63) is 24.8 Å². The molecular weight excluding hydrogens is 124 g/mol. The van der Waals surface area contributed by atoms with Crippen LogP contribution in [0.15, 0.2) is 24.8 Å². The fraction of sp³-hybridized carbons (Fsp3) is 0. The lowest BCUT2D eigenvalue weighted by atomic mass is 10.5. The summed E-state index contributed by atoms with van der Waals surface area (Å²) < 4.78 is 0. The third kappa shape index (κ3) is 1.13. The van der Waals surface area contributed by atoms with Gasteiger partial charge in [-0.1, -0.05) is 12.8 Å². The van der Waals surface area contributed by atoms with E-state index in [0.29, 0.717) is 0 Å². The molecule has 0 spiro atoms. The van der Waals surface area contributed by atoms with Gasteiger partial charge in [0.15, 0.2) is 0 Å². The Kier molecular flexibility index (Phi) is 1.68. The first kappa shape index (κ1) is 6.32. The van der Waals surface area contributed by atoms with Crippen LogP contribution in [0.25, 0.3) is 0 Å². The van der Waals surface area contributed by atoms with Crippen molar-refractivity contribution in [2.45, 2.75) is 0 Å². The quantitative estimate of drug-likeness (QED) is 0.446. The normalized spacial score (nSPS) is 14.6. The largest absolute Gasteiger partial charge is 0.282 e. The summed E-state index contributed by atoms with van der Waals surface area (Å²) in [6, 6.07) is 4.83. The molecule has 1 aliphatic heterocycles. The van der Waals surface area contributed by atoms with E-state index in [0.717, 1.165) is 0 Å². The molecule has 0 radical (unpaired) electrons. The van der Waals surface area contributed by atoms with E-state index in [1.165, 1.54) is 0 Å². The Balaban J connectivity index is 2.66. The summed E-state index contributed by atoms with van der Waals surface area (Å²) in [5, 5.41) is 0. The van der Waals surface area contributed by atoms with Crippen LogP contribution >= 0.6 is 0 Å². The SMILES string of the molecule is C#CN1C=CN(C#C)C=C1. The van der Waals surface area contributed by atoms with Crippen molar-refractivity contribution in [1.82, 2.24) is 9.80 Å². The highest BCUT2D eigenvalue weighted by Crippen LogP contribution is 2.00. The fourth-order valence-corrected chi connectivity index (χ4v) is 0.559. The van der Waals surface area contributed by atoms with E-state index in [4.69, 9.17) is 12.8 Å². The van der Waals surface area contributed by atoms with Crippen LogP contribution in [0.5, 0.6) is 0 Å². The van der Waals surface area contributed by atoms with Crippen molar-refractivity contribution in [3.63, 3.8) is 0 Å². The summed E-state index contributed by atoms with van der Waals surface area (Å²) in [4.78, 5) is 3.15. The molecular formula is C8H6N2. The second-order valence-corrected chi connectivity index (χ2v) is 1.67. The molecule has 1 aliphatic rings. The monoisotopic (exact) mass is 130 g/mol. The maximum absolute atomic E-state index is 5.09. The molecule has 0 aromatic carbocycles. The highest BCUT2D eigenvalue weighted by Gasteiger charge is 1.95. The Labute approximate surface area is 60.4 Å². The molecule has 0 amide bonds. The molecule has 0 aromatic heterocycles. The van der Waals surface area contributed by atoms with Gasteiger partial charge in [0, 0.05) is 36.9 Å². The zero-order chi connectivity index (χ0) is 7.40.